The molecule has 0 saturated heterocycles. The molecule has 0 heterocycles. The van der Waals surface area contributed by atoms with E-state index in [1.54, 1.807) is 6.07 Å². The van der Waals surface area contributed by atoms with Crippen molar-refractivity contribution in [3.05, 3.63) is 54.6 Å². The van der Waals surface area contributed by atoms with E-state index in [9.17, 15) is 5.11 Å². The van der Waals surface area contributed by atoms with Gasteiger partial charge in [0.05, 0.1) is 0 Å². The van der Waals surface area contributed by atoms with E-state index in [0.717, 1.165) is 21.5 Å². The minimum atomic E-state index is 0.312. The van der Waals surface area contributed by atoms with Gasteiger partial charge in [-0.3, -0.25) is 0 Å². The fourth-order valence-electron chi connectivity index (χ4n) is 2.60. The van der Waals surface area contributed by atoms with Crippen LogP contribution in [0.4, 0.5) is 0 Å². The van der Waals surface area contributed by atoms with Gasteiger partial charge < -0.3 is 5.11 Å². The van der Waals surface area contributed by atoms with Gasteiger partial charge >= 0.3 is 0 Å². The Morgan fingerprint density at radius 1 is 0.941 bits per heavy atom. The maximum absolute atomic E-state index is 10.1. The van der Waals surface area contributed by atoms with Gasteiger partial charge in [0.15, 0.2) is 0 Å². The summed E-state index contributed by atoms with van der Waals surface area (Å²) in [6.45, 7) is 0. The van der Waals surface area contributed by atoms with Gasteiger partial charge in [-0.05, 0) is 28.3 Å². The Kier molecular flexibility index (Phi) is 1.43. The Balaban J connectivity index is 2.50. The monoisotopic (exact) mass is 216 g/mol. The average molecular weight is 216 g/mol. The first-order valence-electron chi connectivity index (χ1n) is 5.53. The zero-order valence-corrected chi connectivity index (χ0v) is 8.99. The number of phenolic OH excluding ortho intramolecular Hbond substituents is 1. The second-order valence-corrected chi connectivity index (χ2v) is 4.29. The summed E-state index contributed by atoms with van der Waals surface area (Å²) in [6.07, 6.45) is 0. The Labute approximate surface area is 98.2 Å². The molecule has 0 radical (unpaired) electrons. The predicted molar refractivity (Wildman–Crippen MR) is 69.5 cm³/mol. The Bertz CT molecular complexity index is 846. The summed E-state index contributed by atoms with van der Waals surface area (Å²) in [6, 6.07) is 19.9. The quantitative estimate of drug-likeness (QED) is 0.472. The lowest BCUT2D eigenvalue weighted by Gasteiger charge is -2.09. The number of benzene rings is 3. The molecule has 0 spiro atoms. The molecule has 0 aliphatic carbocycles. The lowest BCUT2D eigenvalue weighted by molar-refractivity contribution is 0.482. The van der Waals surface area contributed by atoms with Crippen LogP contribution < -0.4 is 0 Å². The first-order valence-corrected chi connectivity index (χ1v) is 5.53. The summed E-state index contributed by atoms with van der Waals surface area (Å²) in [5.74, 6) is 0.312. The van der Waals surface area contributed by atoms with E-state index in [-0.39, 0.29) is 0 Å². The van der Waals surface area contributed by atoms with E-state index in [2.05, 4.69) is 24.3 Å². The van der Waals surface area contributed by atoms with Crippen LogP contribution >= 0.6 is 0 Å². The van der Waals surface area contributed by atoms with Gasteiger partial charge in [-0.2, -0.15) is 0 Å². The molecule has 4 rings (SSSR count). The van der Waals surface area contributed by atoms with Gasteiger partial charge in [0, 0.05) is 22.2 Å². The van der Waals surface area contributed by atoms with Crippen molar-refractivity contribution in [3.63, 3.8) is 0 Å². The number of hydrogen-bond donors (Lipinski definition) is 1. The third kappa shape index (κ3) is 0.996. The Morgan fingerprint density at radius 3 is 2.76 bits per heavy atom. The van der Waals surface area contributed by atoms with Crippen LogP contribution in [0.25, 0.3) is 32.3 Å². The molecule has 78 valence electrons. The molecule has 1 nitrogen and oxygen atoms in total. The van der Waals surface area contributed by atoms with Crippen LogP contribution in [0, 0.1) is 12.1 Å². The smallest absolute Gasteiger partial charge is 0.124 e. The molecule has 4 aromatic rings. The third-order valence-corrected chi connectivity index (χ3v) is 3.34. The Morgan fingerprint density at radius 2 is 1.82 bits per heavy atom. The minimum Gasteiger partial charge on any atom is -0.507 e. The summed E-state index contributed by atoms with van der Waals surface area (Å²) in [5.41, 5.74) is 0. The van der Waals surface area contributed by atoms with Crippen molar-refractivity contribution in [2.24, 2.45) is 0 Å². The highest BCUT2D eigenvalue weighted by atomic mass is 16.3. The molecule has 17 heavy (non-hydrogen) atoms. The van der Waals surface area contributed by atoms with Gasteiger partial charge in [0.2, 0.25) is 0 Å². The van der Waals surface area contributed by atoms with Crippen LogP contribution in [0.1, 0.15) is 0 Å². The first-order chi connectivity index (χ1) is 8.34. The molecule has 0 bridgehead atoms. The number of hydrogen-bond acceptors (Lipinski definition) is 1. The summed E-state index contributed by atoms with van der Waals surface area (Å²) in [4.78, 5) is 0. The SMILES string of the molecule is Oc1cc2cccc3ccc4c#ccc1c4c32. The minimum absolute atomic E-state index is 0.312. The molecule has 0 aliphatic heterocycles. The predicted octanol–water partition coefficient (Wildman–Crippen LogP) is 3.89. The molecule has 0 fully saturated rings. The van der Waals surface area contributed by atoms with E-state index >= 15 is 0 Å². The van der Waals surface area contributed by atoms with E-state index in [4.69, 9.17) is 0 Å². The highest BCUT2D eigenvalue weighted by molar-refractivity contribution is 6.23. The third-order valence-electron chi connectivity index (χ3n) is 3.34. The molecule has 0 amide bonds. The maximum Gasteiger partial charge on any atom is 0.124 e. The second-order valence-electron chi connectivity index (χ2n) is 4.29. The van der Waals surface area contributed by atoms with Crippen molar-refractivity contribution >= 4 is 32.3 Å². The van der Waals surface area contributed by atoms with Crippen LogP contribution in [0.3, 0.4) is 0 Å². The van der Waals surface area contributed by atoms with Crippen molar-refractivity contribution in [2.45, 2.75) is 0 Å². The van der Waals surface area contributed by atoms with Crippen molar-refractivity contribution in [1.82, 2.24) is 0 Å². The van der Waals surface area contributed by atoms with Gasteiger partial charge in [-0.1, -0.05) is 36.4 Å². The van der Waals surface area contributed by atoms with Gasteiger partial charge in [-0.15, -0.1) is 0 Å². The molecular formula is C16H8O. The van der Waals surface area contributed by atoms with E-state index in [0.29, 0.717) is 5.75 Å². The van der Waals surface area contributed by atoms with Gasteiger partial charge in [0.1, 0.15) is 5.75 Å². The molecule has 0 aromatic heterocycles. The zero-order chi connectivity index (χ0) is 11.4. The number of rotatable bonds is 0. The van der Waals surface area contributed by atoms with E-state index in [1.807, 2.05) is 24.3 Å². The molecule has 1 heteroatoms. The molecule has 0 saturated carbocycles. The Hall–Kier alpha value is -2.46. The number of aromatic hydroxyl groups is 1. The summed E-state index contributed by atoms with van der Waals surface area (Å²) in [5, 5.41) is 16.4. The highest BCUT2D eigenvalue weighted by Crippen LogP contribution is 2.37. The highest BCUT2D eigenvalue weighted by Gasteiger charge is 2.10. The fourth-order valence-corrected chi connectivity index (χ4v) is 2.60. The van der Waals surface area contributed by atoms with E-state index in [1.165, 1.54) is 10.8 Å². The molecule has 0 aliphatic rings. The standard InChI is InChI=1S/C16H8O/c17-14-9-12-5-1-3-10-7-8-11-4-2-6-13(14)16(11)15(10)12/h1,3,5-9,17H. The zero-order valence-electron chi connectivity index (χ0n) is 8.99. The lowest BCUT2D eigenvalue weighted by Crippen LogP contribution is -1.82. The molecule has 1 N–H and O–H groups in total. The first kappa shape index (κ1) is 8.66. The average Bonchev–Trinajstić information content (AvgIpc) is 2.37. The van der Waals surface area contributed by atoms with Gasteiger partial charge in [-0.25, -0.2) is 0 Å². The topological polar surface area (TPSA) is 20.2 Å². The summed E-state index contributed by atoms with van der Waals surface area (Å²) in [7, 11) is 0. The van der Waals surface area contributed by atoms with Crippen LogP contribution in [0.15, 0.2) is 42.5 Å². The maximum atomic E-state index is 10.1. The second kappa shape index (κ2) is 2.81. The molecule has 0 atom stereocenters. The molecular weight excluding hydrogens is 208 g/mol. The van der Waals surface area contributed by atoms with Crippen LogP contribution in [0.5, 0.6) is 5.75 Å². The van der Waals surface area contributed by atoms with Crippen LogP contribution in [0.2, 0.25) is 0 Å². The largest absolute Gasteiger partial charge is 0.507 e. The lowest BCUT2D eigenvalue weighted by atomic mass is 9.95. The van der Waals surface area contributed by atoms with Crippen molar-refractivity contribution < 1.29 is 5.11 Å². The fraction of sp³-hybridized carbons (Fsp3) is 0. The van der Waals surface area contributed by atoms with Crippen LogP contribution in [-0.4, -0.2) is 5.11 Å². The molecule has 0 unspecified atom stereocenters. The van der Waals surface area contributed by atoms with Crippen molar-refractivity contribution in [1.29, 1.82) is 0 Å². The summed E-state index contributed by atoms with van der Waals surface area (Å²) < 4.78 is 0. The summed E-state index contributed by atoms with van der Waals surface area (Å²) >= 11 is 0. The normalized spacial score (nSPS) is 11.3. The number of phenols is 1. The van der Waals surface area contributed by atoms with Crippen molar-refractivity contribution in [3.8, 4) is 5.75 Å². The van der Waals surface area contributed by atoms with Gasteiger partial charge in [0.25, 0.3) is 0 Å². The molecule has 4 aromatic carbocycles. The van der Waals surface area contributed by atoms with Crippen LogP contribution in [-0.2, 0) is 0 Å². The van der Waals surface area contributed by atoms with Crippen molar-refractivity contribution in [2.75, 3.05) is 0 Å². The van der Waals surface area contributed by atoms with E-state index < -0.39 is 0 Å².